The molecule has 1 rings (SSSR count). The lowest BCUT2D eigenvalue weighted by molar-refractivity contribution is 0.171. The fourth-order valence-corrected chi connectivity index (χ4v) is 2.21. The van der Waals surface area contributed by atoms with Crippen LogP contribution in [0.25, 0.3) is 0 Å². The first-order valence-electron chi connectivity index (χ1n) is 4.03. The first-order chi connectivity index (χ1) is 5.14. The monoisotopic (exact) mass is 176 g/mol. The summed E-state index contributed by atoms with van der Waals surface area (Å²) >= 11 is 0. The van der Waals surface area contributed by atoms with Crippen LogP contribution in [0.2, 0.25) is 13.1 Å². The highest BCUT2D eigenvalue weighted by Crippen LogP contribution is 2.13. The molecule has 3 nitrogen and oxygen atoms in total. The Kier molecular flexibility index (Phi) is 3.06. The molecule has 11 heavy (non-hydrogen) atoms. The minimum Gasteiger partial charge on any atom is -0.395 e. The molecule has 1 aliphatic rings. The van der Waals surface area contributed by atoms with Gasteiger partial charge in [-0.2, -0.15) is 0 Å². The lowest BCUT2D eigenvalue weighted by Crippen LogP contribution is -2.36. The average molecular weight is 176 g/mol. The fraction of sp³-hybridized carbons (Fsp3) is 1.00. The van der Waals surface area contributed by atoms with Crippen molar-refractivity contribution in [1.29, 1.82) is 0 Å². The van der Waals surface area contributed by atoms with Crippen LogP contribution in [0.15, 0.2) is 0 Å². The Hall–Kier alpha value is 0.0969. The van der Waals surface area contributed by atoms with Gasteiger partial charge in [0.25, 0.3) is 0 Å². The van der Waals surface area contributed by atoms with Gasteiger partial charge in [0.2, 0.25) is 0 Å². The number of epoxide rings is 1. The molecular weight excluding hydrogens is 160 g/mol. The maximum absolute atomic E-state index is 5.59. The summed E-state index contributed by atoms with van der Waals surface area (Å²) in [6, 6.07) is 0. The van der Waals surface area contributed by atoms with Crippen molar-refractivity contribution < 1.29 is 13.6 Å². The first-order valence-corrected chi connectivity index (χ1v) is 6.85. The van der Waals surface area contributed by atoms with Gasteiger partial charge >= 0.3 is 8.56 Å². The predicted molar refractivity (Wildman–Crippen MR) is 44.8 cm³/mol. The van der Waals surface area contributed by atoms with E-state index < -0.39 is 8.56 Å². The van der Waals surface area contributed by atoms with Gasteiger partial charge < -0.3 is 13.6 Å². The summed E-state index contributed by atoms with van der Waals surface area (Å²) < 4.78 is 16.1. The van der Waals surface area contributed by atoms with E-state index in [2.05, 4.69) is 13.1 Å². The number of rotatable bonds is 5. The Morgan fingerprint density at radius 1 is 1.45 bits per heavy atom. The van der Waals surface area contributed by atoms with E-state index >= 15 is 0 Å². The summed E-state index contributed by atoms with van der Waals surface area (Å²) in [5.41, 5.74) is 0. The molecule has 66 valence electrons. The maximum Gasteiger partial charge on any atom is 0.331 e. The Bertz CT molecular complexity index is 123. The molecular formula is C7H16O3Si. The molecule has 0 saturated carbocycles. The van der Waals surface area contributed by atoms with Gasteiger partial charge in [0.05, 0.1) is 13.2 Å². The van der Waals surface area contributed by atoms with E-state index in [1.165, 1.54) is 0 Å². The number of hydrogen-bond donors (Lipinski definition) is 0. The quantitative estimate of drug-likeness (QED) is 0.465. The summed E-state index contributed by atoms with van der Waals surface area (Å²) in [7, 11) is -1.81. The van der Waals surface area contributed by atoms with Gasteiger partial charge in [-0.25, -0.2) is 0 Å². The van der Waals surface area contributed by atoms with Crippen molar-refractivity contribution in [3.8, 4) is 0 Å². The highest BCUT2D eigenvalue weighted by Gasteiger charge is 2.29. The minimum absolute atomic E-state index is 0.349. The van der Waals surface area contributed by atoms with Crippen molar-refractivity contribution in [3.05, 3.63) is 0 Å². The molecule has 1 fully saturated rings. The van der Waals surface area contributed by atoms with Crippen LogP contribution in [-0.2, 0) is 13.6 Å². The fourth-order valence-electron chi connectivity index (χ4n) is 0.847. The van der Waals surface area contributed by atoms with E-state index in [1.54, 1.807) is 0 Å². The molecule has 0 aromatic rings. The maximum atomic E-state index is 5.59. The van der Waals surface area contributed by atoms with Gasteiger partial charge in [0.1, 0.15) is 6.10 Å². The van der Waals surface area contributed by atoms with Crippen LogP contribution >= 0.6 is 0 Å². The highest BCUT2D eigenvalue weighted by atomic mass is 28.4. The highest BCUT2D eigenvalue weighted by molar-refractivity contribution is 6.64. The molecule has 0 aromatic heterocycles. The minimum atomic E-state index is -1.81. The second-order valence-electron chi connectivity index (χ2n) is 3.10. The van der Waals surface area contributed by atoms with Crippen molar-refractivity contribution in [2.75, 3.05) is 19.8 Å². The van der Waals surface area contributed by atoms with Crippen LogP contribution in [0.4, 0.5) is 0 Å². The van der Waals surface area contributed by atoms with Gasteiger partial charge in [0.15, 0.2) is 0 Å². The first kappa shape index (κ1) is 9.19. The van der Waals surface area contributed by atoms with Gasteiger partial charge in [-0.15, -0.1) is 0 Å². The smallest absolute Gasteiger partial charge is 0.331 e. The van der Waals surface area contributed by atoms with Crippen LogP contribution in [-0.4, -0.2) is 34.5 Å². The van der Waals surface area contributed by atoms with E-state index in [0.717, 1.165) is 13.2 Å². The van der Waals surface area contributed by atoms with Crippen molar-refractivity contribution in [2.24, 2.45) is 0 Å². The summed E-state index contributed by atoms with van der Waals surface area (Å²) in [6.07, 6.45) is 0.349. The Morgan fingerprint density at radius 2 is 2.09 bits per heavy atom. The molecule has 1 aliphatic heterocycles. The zero-order chi connectivity index (χ0) is 8.32. The van der Waals surface area contributed by atoms with E-state index in [-0.39, 0.29) is 0 Å². The third-order valence-electron chi connectivity index (χ3n) is 1.51. The van der Waals surface area contributed by atoms with Crippen LogP contribution in [0, 0.1) is 0 Å². The molecule has 0 amide bonds. The Labute approximate surface area is 68.9 Å². The summed E-state index contributed by atoms with van der Waals surface area (Å²) in [4.78, 5) is 0. The molecule has 0 aliphatic carbocycles. The van der Waals surface area contributed by atoms with Gasteiger partial charge in [-0.05, 0) is 20.0 Å². The lowest BCUT2D eigenvalue weighted by Gasteiger charge is -2.21. The zero-order valence-electron chi connectivity index (χ0n) is 7.42. The SMILES string of the molecule is CCO[Si](C)(C)OCC1CO1. The van der Waals surface area contributed by atoms with E-state index in [4.69, 9.17) is 13.6 Å². The number of hydrogen-bond acceptors (Lipinski definition) is 3. The van der Waals surface area contributed by atoms with Gasteiger partial charge in [0, 0.05) is 6.61 Å². The standard InChI is InChI=1S/C7H16O3Si/c1-4-9-11(2,3)10-6-7-5-8-7/h7H,4-6H2,1-3H3. The molecule has 0 aromatic carbocycles. The average Bonchev–Trinajstić information content (AvgIpc) is 2.65. The molecule has 1 saturated heterocycles. The normalized spacial score (nSPS) is 23.7. The van der Waals surface area contributed by atoms with E-state index in [0.29, 0.717) is 12.7 Å². The number of ether oxygens (including phenoxy) is 1. The van der Waals surface area contributed by atoms with Crippen molar-refractivity contribution in [1.82, 2.24) is 0 Å². The lowest BCUT2D eigenvalue weighted by atomic mass is 10.5. The third kappa shape index (κ3) is 3.86. The van der Waals surface area contributed by atoms with Crippen molar-refractivity contribution >= 4 is 8.56 Å². The molecule has 0 N–H and O–H groups in total. The third-order valence-corrected chi connectivity index (χ3v) is 3.36. The largest absolute Gasteiger partial charge is 0.395 e. The van der Waals surface area contributed by atoms with E-state index in [1.807, 2.05) is 6.92 Å². The molecule has 0 spiro atoms. The van der Waals surface area contributed by atoms with Gasteiger partial charge in [-0.1, -0.05) is 0 Å². The van der Waals surface area contributed by atoms with Crippen LogP contribution < -0.4 is 0 Å². The molecule has 1 unspecified atom stereocenters. The zero-order valence-corrected chi connectivity index (χ0v) is 8.42. The topological polar surface area (TPSA) is 31.0 Å². The summed E-state index contributed by atoms with van der Waals surface area (Å²) in [5, 5.41) is 0. The second kappa shape index (κ2) is 3.67. The van der Waals surface area contributed by atoms with Gasteiger partial charge in [-0.3, -0.25) is 0 Å². The molecule has 1 heterocycles. The molecule has 1 atom stereocenters. The van der Waals surface area contributed by atoms with Crippen LogP contribution in [0.5, 0.6) is 0 Å². The molecule has 4 heteroatoms. The Morgan fingerprint density at radius 3 is 2.55 bits per heavy atom. The van der Waals surface area contributed by atoms with Crippen LogP contribution in [0.1, 0.15) is 6.92 Å². The van der Waals surface area contributed by atoms with Crippen molar-refractivity contribution in [3.63, 3.8) is 0 Å². The van der Waals surface area contributed by atoms with E-state index in [9.17, 15) is 0 Å². The summed E-state index contributed by atoms with van der Waals surface area (Å²) in [6.45, 7) is 8.41. The second-order valence-corrected chi connectivity index (χ2v) is 6.48. The van der Waals surface area contributed by atoms with Crippen LogP contribution in [0.3, 0.4) is 0 Å². The summed E-state index contributed by atoms with van der Waals surface area (Å²) in [5.74, 6) is 0. The molecule has 0 radical (unpaired) electrons. The Balaban J connectivity index is 2.09. The van der Waals surface area contributed by atoms with Crippen molar-refractivity contribution in [2.45, 2.75) is 26.1 Å². The predicted octanol–water partition coefficient (Wildman–Crippen LogP) is 1.14. The molecule has 0 bridgehead atoms.